The van der Waals surface area contributed by atoms with E-state index in [0.29, 0.717) is 19.3 Å². The minimum absolute atomic E-state index is 0.00956. The van der Waals surface area contributed by atoms with Crippen LogP contribution in [0.3, 0.4) is 0 Å². The van der Waals surface area contributed by atoms with Gasteiger partial charge in [-0.15, -0.1) is 0 Å². The Labute approximate surface area is 220 Å². The smallest absolute Gasteiger partial charge is 0.360 e. The molecule has 8 bridgehead atoms. The van der Waals surface area contributed by atoms with E-state index in [9.17, 15) is 31.3 Å². The quantitative estimate of drug-likeness (QED) is 0.252. The van der Waals surface area contributed by atoms with Crippen LogP contribution in [0.4, 0.5) is 27.9 Å². The highest BCUT2D eigenvalue weighted by molar-refractivity contribution is 7.70. The van der Waals surface area contributed by atoms with Crippen LogP contribution >= 0.6 is 7.14 Å². The number of benzene rings is 1. The number of amides is 1. The van der Waals surface area contributed by atoms with E-state index >= 15 is 0 Å². The maximum Gasteiger partial charge on any atom is 0.419 e. The van der Waals surface area contributed by atoms with Gasteiger partial charge in [0, 0.05) is 53.7 Å². The van der Waals surface area contributed by atoms with E-state index in [0.717, 1.165) is 6.20 Å². The lowest BCUT2D eigenvalue weighted by atomic mass is 10.0. The lowest BCUT2D eigenvalue weighted by Crippen LogP contribution is -2.40. The number of anilines is 1. The molecule has 0 radical (unpaired) electrons. The summed E-state index contributed by atoms with van der Waals surface area (Å²) in [5.74, 6) is -4.02. The number of hydrogen-bond donors (Lipinski definition) is 4. The van der Waals surface area contributed by atoms with Crippen molar-refractivity contribution in [3.05, 3.63) is 35.7 Å². The molecule has 1 amide bonds. The van der Waals surface area contributed by atoms with Crippen molar-refractivity contribution >= 4 is 35.2 Å². The molecule has 1 fully saturated rings. The molecule has 8 nitrogen and oxygen atoms in total. The largest absolute Gasteiger partial charge is 0.419 e. The van der Waals surface area contributed by atoms with Gasteiger partial charge >= 0.3 is 6.18 Å². The highest BCUT2D eigenvalue weighted by Crippen LogP contribution is 2.43. The molecule has 4 heterocycles. The number of halogens is 5. The fourth-order valence-corrected chi connectivity index (χ4v) is 6.80. The van der Waals surface area contributed by atoms with Crippen LogP contribution < -0.4 is 21.3 Å². The zero-order chi connectivity index (χ0) is 28.2. The molecule has 2 atom stereocenters. The summed E-state index contributed by atoms with van der Waals surface area (Å²) >= 11 is 0. The van der Waals surface area contributed by atoms with Gasteiger partial charge in [-0.25, -0.2) is 18.7 Å². The minimum Gasteiger partial charge on any atom is -0.360 e. The summed E-state index contributed by atoms with van der Waals surface area (Å²) in [4.78, 5) is 24.1. The molecule has 1 saturated carbocycles. The zero-order valence-electron chi connectivity index (χ0n) is 21.3. The number of aromatic amines is 1. The molecule has 0 unspecified atom stereocenters. The van der Waals surface area contributed by atoms with Gasteiger partial charge in [0.2, 0.25) is 5.95 Å². The summed E-state index contributed by atoms with van der Waals surface area (Å²) in [6.45, 7) is 1.90. The highest BCUT2D eigenvalue weighted by Gasteiger charge is 2.37. The predicted octanol–water partition coefficient (Wildman–Crippen LogP) is 4.58. The van der Waals surface area contributed by atoms with E-state index < -0.39 is 43.7 Å². The van der Waals surface area contributed by atoms with Gasteiger partial charge in [0.1, 0.15) is 12.7 Å². The SMILES string of the molecule is CP(C)(=O)c1c2ccc3c(c[nH]c13)-c1nc(ncc1C(F)(F)F)N[C@H]1CC[C@@H](C1)NCCC(F)(F)CNC2=O. The molecule has 2 aromatic heterocycles. The Bertz CT molecular complexity index is 1470. The minimum atomic E-state index is -4.76. The fraction of sp³-hybridized carbons (Fsp3) is 0.480. The molecule has 14 heteroatoms. The molecule has 4 N–H and O–H groups in total. The monoisotopic (exact) mass is 570 g/mol. The first-order valence-electron chi connectivity index (χ1n) is 12.5. The Morgan fingerprint density at radius 2 is 1.85 bits per heavy atom. The molecule has 1 aliphatic carbocycles. The van der Waals surface area contributed by atoms with Crippen LogP contribution in [0.2, 0.25) is 0 Å². The normalized spacial score (nSPS) is 22.3. The molecular formula is C25H28F5N6O2P. The van der Waals surface area contributed by atoms with Gasteiger partial charge in [0.05, 0.1) is 23.3 Å². The Hall–Kier alpha value is -3.05. The highest BCUT2D eigenvalue weighted by atomic mass is 31.2. The van der Waals surface area contributed by atoms with Gasteiger partial charge in [-0.2, -0.15) is 13.2 Å². The molecule has 3 aliphatic rings. The van der Waals surface area contributed by atoms with Crippen molar-refractivity contribution in [2.75, 3.05) is 31.7 Å². The number of nitrogens with zero attached hydrogens (tertiary/aromatic N) is 2. The number of H-pyrrole nitrogens is 1. The number of fused-ring (bicyclic) bond motifs is 7. The number of carbonyl (C=O) groups excluding carboxylic acids is 1. The molecule has 2 aliphatic heterocycles. The first-order chi connectivity index (χ1) is 18.2. The van der Waals surface area contributed by atoms with Crippen molar-refractivity contribution in [3.8, 4) is 11.3 Å². The van der Waals surface area contributed by atoms with Crippen molar-refractivity contribution in [1.29, 1.82) is 0 Å². The number of rotatable bonds is 1. The number of carbonyl (C=O) groups is 1. The van der Waals surface area contributed by atoms with E-state index in [2.05, 4.69) is 30.9 Å². The van der Waals surface area contributed by atoms with E-state index in [1.54, 1.807) is 0 Å². The second kappa shape index (κ2) is 9.85. The van der Waals surface area contributed by atoms with Crippen LogP contribution in [-0.4, -0.2) is 65.3 Å². The summed E-state index contributed by atoms with van der Waals surface area (Å²) in [6.07, 6.45) is -1.31. The molecule has 3 aromatic rings. The van der Waals surface area contributed by atoms with Crippen LogP contribution in [0, 0.1) is 0 Å². The third kappa shape index (κ3) is 5.65. The van der Waals surface area contributed by atoms with E-state index in [1.807, 2.05) is 0 Å². The average molecular weight is 571 g/mol. The molecule has 0 saturated heterocycles. The summed E-state index contributed by atoms with van der Waals surface area (Å²) in [5, 5.41) is 8.76. The van der Waals surface area contributed by atoms with Crippen LogP contribution in [0.1, 0.15) is 41.6 Å². The van der Waals surface area contributed by atoms with E-state index in [1.165, 1.54) is 31.7 Å². The molecule has 210 valence electrons. The first-order valence-corrected chi connectivity index (χ1v) is 15.1. The number of hydrogen-bond acceptors (Lipinski definition) is 6. The van der Waals surface area contributed by atoms with Gasteiger partial charge in [-0.1, -0.05) is 6.07 Å². The summed E-state index contributed by atoms with van der Waals surface area (Å²) < 4.78 is 84.6. The molecule has 0 spiro atoms. The summed E-state index contributed by atoms with van der Waals surface area (Å²) in [7, 11) is -3.24. The Morgan fingerprint density at radius 1 is 1.10 bits per heavy atom. The van der Waals surface area contributed by atoms with Gasteiger partial charge in [-0.05, 0) is 38.7 Å². The maximum absolute atomic E-state index is 14.6. The second-order valence-corrected chi connectivity index (χ2v) is 13.6. The zero-order valence-corrected chi connectivity index (χ0v) is 22.1. The van der Waals surface area contributed by atoms with Crippen LogP contribution in [0.5, 0.6) is 0 Å². The third-order valence-corrected chi connectivity index (χ3v) is 8.70. The first kappa shape index (κ1) is 27.5. The standard InChI is InChI=1S/C25H28F5N6O2P/c1-39(2,38)21-16-6-5-15-17(10-32-20(15)21)19-18(25(28,29)30)11-33-23(36-19)35-14-4-3-13(9-14)31-8-7-24(26,27)12-34-22(16)37/h5-6,10-11,13-14,31-32H,3-4,7-9,12H2,1-2H3,(H,34,37)(H,33,35,36)/t13-,14-/m0/s1. The van der Waals surface area contributed by atoms with Gasteiger partial charge < -0.3 is 25.5 Å². The summed E-state index contributed by atoms with van der Waals surface area (Å²) in [6, 6.07) is 2.49. The molecule has 1 aromatic carbocycles. The van der Waals surface area contributed by atoms with Crippen molar-refractivity contribution in [2.24, 2.45) is 0 Å². The van der Waals surface area contributed by atoms with Crippen LogP contribution in [-0.2, 0) is 10.7 Å². The van der Waals surface area contributed by atoms with Crippen molar-refractivity contribution < 1.29 is 31.3 Å². The van der Waals surface area contributed by atoms with E-state index in [-0.39, 0.29) is 57.6 Å². The fourth-order valence-electron chi connectivity index (χ4n) is 5.32. The topological polar surface area (TPSA) is 112 Å². The molecule has 39 heavy (non-hydrogen) atoms. The lowest BCUT2D eigenvalue weighted by molar-refractivity contribution is -0.137. The third-order valence-electron chi connectivity index (χ3n) is 7.16. The Morgan fingerprint density at radius 3 is 2.56 bits per heavy atom. The second-order valence-electron chi connectivity index (χ2n) is 10.5. The number of nitrogens with one attached hydrogen (secondary N) is 4. The van der Waals surface area contributed by atoms with Crippen molar-refractivity contribution in [2.45, 2.75) is 49.9 Å². The van der Waals surface area contributed by atoms with Crippen LogP contribution in [0.15, 0.2) is 24.5 Å². The van der Waals surface area contributed by atoms with Crippen LogP contribution in [0.25, 0.3) is 22.2 Å². The Kier molecular flexibility index (Phi) is 6.95. The molecular weight excluding hydrogens is 542 g/mol. The van der Waals surface area contributed by atoms with Gasteiger partial charge in [-0.3, -0.25) is 4.79 Å². The molecule has 6 rings (SSSR count). The lowest BCUT2D eigenvalue weighted by Gasteiger charge is -2.20. The maximum atomic E-state index is 14.6. The van der Waals surface area contributed by atoms with Crippen molar-refractivity contribution in [1.82, 2.24) is 25.6 Å². The Balaban J connectivity index is 1.69. The van der Waals surface area contributed by atoms with Gasteiger partial charge in [0.15, 0.2) is 0 Å². The van der Waals surface area contributed by atoms with E-state index in [4.69, 9.17) is 0 Å². The average Bonchev–Trinajstić information content (AvgIpc) is 3.46. The predicted molar refractivity (Wildman–Crippen MR) is 138 cm³/mol. The number of alkyl halides is 5. The summed E-state index contributed by atoms with van der Waals surface area (Å²) in [5.41, 5.74) is -1.25. The van der Waals surface area contributed by atoms with Gasteiger partial charge in [0.25, 0.3) is 11.8 Å². The van der Waals surface area contributed by atoms with Crippen molar-refractivity contribution in [3.63, 3.8) is 0 Å². The number of aromatic nitrogens is 3.